The van der Waals surface area contributed by atoms with Crippen molar-refractivity contribution in [1.29, 1.82) is 0 Å². The van der Waals surface area contributed by atoms with Gasteiger partial charge in [-0.1, -0.05) is 18.6 Å². The lowest BCUT2D eigenvalue weighted by molar-refractivity contribution is 0.218. The summed E-state index contributed by atoms with van der Waals surface area (Å²) < 4.78 is 6.27. The molecule has 3 aromatic heterocycles. The van der Waals surface area contributed by atoms with Crippen molar-refractivity contribution in [2.24, 2.45) is 0 Å². The van der Waals surface area contributed by atoms with E-state index in [-0.39, 0.29) is 0 Å². The number of anilines is 1. The number of nitrogens with one attached hydrogen (secondary N) is 1. The summed E-state index contributed by atoms with van der Waals surface area (Å²) in [7, 11) is 3.68. The summed E-state index contributed by atoms with van der Waals surface area (Å²) in [6, 6.07) is 7.61. The van der Waals surface area contributed by atoms with E-state index in [9.17, 15) is 0 Å². The number of thiazole rings is 1. The Morgan fingerprint density at radius 2 is 1.85 bits per heavy atom. The van der Waals surface area contributed by atoms with Crippen LogP contribution >= 0.6 is 11.3 Å². The van der Waals surface area contributed by atoms with Gasteiger partial charge in [-0.25, -0.2) is 9.97 Å². The van der Waals surface area contributed by atoms with Crippen LogP contribution in [0.5, 0.6) is 5.88 Å². The second kappa shape index (κ2) is 8.84. The Hall–Kier alpha value is -3.24. The van der Waals surface area contributed by atoms with Gasteiger partial charge >= 0.3 is 0 Å². The van der Waals surface area contributed by atoms with Crippen LogP contribution < -0.4 is 15.0 Å². The van der Waals surface area contributed by atoms with Crippen LogP contribution in [-0.4, -0.2) is 62.6 Å². The first-order valence-corrected chi connectivity index (χ1v) is 12.5. The van der Waals surface area contributed by atoms with E-state index in [1.165, 1.54) is 19.3 Å². The summed E-state index contributed by atoms with van der Waals surface area (Å²) in [5, 5.41) is 20.8. The van der Waals surface area contributed by atoms with Gasteiger partial charge in [0.2, 0.25) is 11.8 Å². The number of fused-ring (bicyclic) bond motifs is 3. The Morgan fingerprint density at radius 3 is 2.62 bits per heavy atom. The zero-order valence-corrected chi connectivity index (χ0v) is 20.0. The second-order valence-corrected chi connectivity index (χ2v) is 9.90. The number of aromatic nitrogens is 6. The van der Waals surface area contributed by atoms with Gasteiger partial charge in [0.15, 0.2) is 0 Å². The Kier molecular flexibility index (Phi) is 5.54. The van der Waals surface area contributed by atoms with Gasteiger partial charge < -0.3 is 15.0 Å². The van der Waals surface area contributed by atoms with Crippen molar-refractivity contribution in [3.8, 4) is 28.3 Å². The Balaban J connectivity index is 1.28. The largest absolute Gasteiger partial charge is 0.480 e. The fourth-order valence-corrected chi connectivity index (χ4v) is 6.09. The van der Waals surface area contributed by atoms with Gasteiger partial charge in [0.25, 0.3) is 0 Å². The molecule has 1 aromatic carbocycles. The summed E-state index contributed by atoms with van der Waals surface area (Å²) in [6.45, 7) is 0. The van der Waals surface area contributed by atoms with Crippen LogP contribution in [0.3, 0.4) is 0 Å². The molecular weight excluding hydrogens is 448 g/mol. The maximum absolute atomic E-state index is 5.23. The van der Waals surface area contributed by atoms with Crippen LogP contribution in [0.2, 0.25) is 0 Å². The van der Waals surface area contributed by atoms with E-state index in [1.807, 2.05) is 29.9 Å². The molecule has 2 atom stereocenters. The van der Waals surface area contributed by atoms with E-state index < -0.39 is 0 Å². The number of ether oxygens (including phenoxy) is 1. The number of hydrogen-bond donors (Lipinski definition) is 1. The number of benzene rings is 1. The highest BCUT2D eigenvalue weighted by Crippen LogP contribution is 2.37. The van der Waals surface area contributed by atoms with Crippen LogP contribution in [0.1, 0.15) is 32.1 Å². The third-order valence-electron chi connectivity index (χ3n) is 7.01. The molecule has 34 heavy (non-hydrogen) atoms. The molecule has 0 spiro atoms. The monoisotopic (exact) mass is 474 g/mol. The molecule has 5 heterocycles. The smallest absolute Gasteiger partial charge is 0.245 e. The SMILES string of the molecule is COc1cc(-c2ccc(-c3cnc(N(C)C4C[C@@H]5CCC[C@@H](C4)N5)nn3)c3scnc23)cnn1. The predicted octanol–water partition coefficient (Wildman–Crippen LogP) is 3.72. The Morgan fingerprint density at radius 1 is 1.03 bits per heavy atom. The molecule has 2 fully saturated rings. The van der Waals surface area contributed by atoms with Crippen LogP contribution in [-0.2, 0) is 0 Å². The molecule has 2 aliphatic rings. The quantitative estimate of drug-likeness (QED) is 0.463. The summed E-state index contributed by atoms with van der Waals surface area (Å²) in [4.78, 5) is 11.5. The molecule has 6 rings (SSSR count). The van der Waals surface area contributed by atoms with Gasteiger partial charge in [-0.3, -0.25) is 0 Å². The number of piperidine rings is 2. The normalized spacial score (nSPS) is 22.0. The highest BCUT2D eigenvalue weighted by Gasteiger charge is 2.33. The Bertz CT molecular complexity index is 1300. The molecule has 4 aromatic rings. The average molecular weight is 475 g/mol. The van der Waals surface area contributed by atoms with E-state index in [0.29, 0.717) is 30.0 Å². The highest BCUT2D eigenvalue weighted by atomic mass is 32.1. The molecule has 2 bridgehead atoms. The molecule has 0 radical (unpaired) electrons. The van der Waals surface area contributed by atoms with Gasteiger partial charge in [-0.2, -0.15) is 5.10 Å². The number of hydrogen-bond acceptors (Lipinski definition) is 10. The first-order valence-electron chi connectivity index (χ1n) is 11.6. The molecule has 0 unspecified atom stereocenters. The van der Waals surface area contributed by atoms with Crippen molar-refractivity contribution in [2.75, 3.05) is 19.1 Å². The fourth-order valence-electron chi connectivity index (χ4n) is 5.25. The van der Waals surface area contributed by atoms with Crippen molar-refractivity contribution in [3.63, 3.8) is 0 Å². The van der Waals surface area contributed by atoms with Crippen molar-refractivity contribution >= 4 is 27.5 Å². The van der Waals surface area contributed by atoms with E-state index >= 15 is 0 Å². The standard InChI is InChI=1S/C24H26N8OS/c1-32(17-9-15-4-3-5-16(10-17)28-15)24-25-12-20(29-31-24)19-7-6-18(22-23(19)34-13-26-22)14-8-21(33-2)30-27-11-14/h6-8,11-13,15-17,28H,3-5,9-10H2,1-2H3/t15-,16-/m0/s1. The minimum absolute atomic E-state index is 0.447. The first kappa shape index (κ1) is 21.3. The van der Waals surface area contributed by atoms with Gasteiger partial charge in [0.05, 0.1) is 35.2 Å². The lowest BCUT2D eigenvalue weighted by atomic mass is 9.83. The summed E-state index contributed by atoms with van der Waals surface area (Å²) in [6.07, 6.45) is 9.68. The molecule has 1 N–H and O–H groups in total. The van der Waals surface area contributed by atoms with Crippen molar-refractivity contribution < 1.29 is 4.74 Å². The first-order chi connectivity index (χ1) is 16.7. The zero-order valence-electron chi connectivity index (χ0n) is 19.2. The fraction of sp³-hybridized carbons (Fsp3) is 0.417. The molecule has 2 saturated heterocycles. The predicted molar refractivity (Wildman–Crippen MR) is 132 cm³/mol. The summed E-state index contributed by atoms with van der Waals surface area (Å²) in [5.74, 6) is 1.15. The molecule has 10 heteroatoms. The van der Waals surface area contributed by atoms with E-state index in [4.69, 9.17) is 9.72 Å². The van der Waals surface area contributed by atoms with Crippen molar-refractivity contribution in [1.82, 2.24) is 35.7 Å². The van der Waals surface area contributed by atoms with E-state index in [0.717, 1.165) is 45.4 Å². The molecule has 174 valence electrons. The maximum Gasteiger partial charge on any atom is 0.245 e. The minimum Gasteiger partial charge on any atom is -0.480 e. The number of nitrogens with zero attached hydrogens (tertiary/aromatic N) is 7. The summed E-state index contributed by atoms with van der Waals surface area (Å²) >= 11 is 1.58. The second-order valence-electron chi connectivity index (χ2n) is 9.05. The van der Waals surface area contributed by atoms with Crippen molar-refractivity contribution in [3.05, 3.63) is 36.1 Å². The average Bonchev–Trinajstić information content (AvgIpc) is 3.38. The summed E-state index contributed by atoms with van der Waals surface area (Å²) in [5.41, 5.74) is 6.33. The number of methoxy groups -OCH3 is 1. The maximum atomic E-state index is 5.23. The lowest BCUT2D eigenvalue weighted by Crippen LogP contribution is -2.54. The molecule has 0 saturated carbocycles. The molecule has 2 aliphatic heterocycles. The Labute approximate surface area is 201 Å². The molecular formula is C24H26N8OS. The van der Waals surface area contributed by atoms with Crippen LogP contribution in [0.25, 0.3) is 32.6 Å². The van der Waals surface area contributed by atoms with Gasteiger partial charge in [-0.05, 0) is 25.7 Å². The lowest BCUT2D eigenvalue weighted by Gasteiger charge is -2.43. The van der Waals surface area contributed by atoms with Gasteiger partial charge in [0.1, 0.15) is 5.69 Å². The van der Waals surface area contributed by atoms with Crippen LogP contribution in [0.4, 0.5) is 5.95 Å². The number of rotatable bonds is 5. The highest BCUT2D eigenvalue weighted by molar-refractivity contribution is 7.17. The van der Waals surface area contributed by atoms with Crippen LogP contribution in [0, 0.1) is 0 Å². The molecule has 9 nitrogen and oxygen atoms in total. The topological polar surface area (TPSA) is 102 Å². The third kappa shape index (κ3) is 3.86. The van der Waals surface area contributed by atoms with Crippen molar-refractivity contribution in [2.45, 2.75) is 50.2 Å². The molecule has 0 aliphatic carbocycles. The molecule has 0 amide bonds. The van der Waals surface area contributed by atoms with E-state index in [1.54, 1.807) is 24.6 Å². The van der Waals surface area contributed by atoms with Gasteiger partial charge in [0, 0.05) is 47.9 Å². The third-order valence-corrected chi connectivity index (χ3v) is 7.87. The van der Waals surface area contributed by atoms with Crippen LogP contribution in [0.15, 0.2) is 36.1 Å². The van der Waals surface area contributed by atoms with Gasteiger partial charge in [-0.15, -0.1) is 26.6 Å². The van der Waals surface area contributed by atoms with E-state index in [2.05, 4.69) is 42.6 Å². The minimum atomic E-state index is 0.447. The zero-order chi connectivity index (χ0) is 23.1.